The van der Waals surface area contributed by atoms with Crippen LogP contribution in [0.3, 0.4) is 0 Å². The van der Waals surface area contributed by atoms with Crippen LogP contribution in [-0.4, -0.2) is 0 Å². The van der Waals surface area contributed by atoms with Gasteiger partial charge in [0, 0.05) is 0 Å². The van der Waals surface area contributed by atoms with E-state index in [1.54, 1.807) is 0 Å². The molecule has 72 valence electrons. The molecule has 13 heavy (non-hydrogen) atoms. The standard InChI is InChI=1S/C.4HNO2/c;4*2-1-3/h;4*(H,2,3)/q+4;;;;/p-4. The summed E-state index contributed by atoms with van der Waals surface area (Å²) in [6, 6.07) is 0. The second-order valence-corrected chi connectivity index (χ2v) is 0.298. The first-order valence-electron chi connectivity index (χ1n) is 1.46. The van der Waals surface area contributed by atoms with E-state index in [1.165, 1.54) is 0 Å². The Morgan fingerprint density at radius 2 is 0.538 bits per heavy atom. The summed E-state index contributed by atoms with van der Waals surface area (Å²) in [7, 11) is 0. The van der Waals surface area contributed by atoms with Crippen LogP contribution in [0.4, 0.5) is 0 Å². The zero-order chi connectivity index (χ0) is 10.8. The van der Waals surface area contributed by atoms with E-state index in [9.17, 15) is 0 Å². The molecule has 0 aromatic heterocycles. The minimum Gasteiger partial charge on any atom is -0.444 e. The summed E-state index contributed by atoms with van der Waals surface area (Å²) in [6.45, 7) is 0. The first-order chi connectivity index (χ1) is 5.66. The van der Waals surface area contributed by atoms with Gasteiger partial charge in [0.15, 0.2) is 0 Å². The van der Waals surface area contributed by atoms with Crippen LogP contribution < -0.4 is 0 Å². The molecule has 0 fully saturated rings. The Balaban J connectivity index is -0.0000000213. The normalized spacial score (nSPS) is 3.69. The van der Waals surface area contributed by atoms with E-state index in [2.05, 4.69) is 0 Å². The molecule has 0 saturated heterocycles. The van der Waals surface area contributed by atoms with Crippen molar-refractivity contribution in [2.75, 3.05) is 0 Å². The average Bonchev–Trinajstić information content (AvgIpc) is 1.92. The van der Waals surface area contributed by atoms with Gasteiger partial charge in [0.25, 0.3) is 0 Å². The largest absolute Gasteiger partial charge is 4.00 e. The van der Waals surface area contributed by atoms with Gasteiger partial charge in [0.2, 0.25) is 0 Å². The van der Waals surface area contributed by atoms with E-state index in [1.807, 2.05) is 0 Å². The van der Waals surface area contributed by atoms with Crippen molar-refractivity contribution in [3.8, 4) is 0 Å². The maximum absolute atomic E-state index is 8.00. The van der Waals surface area contributed by atoms with E-state index < -0.39 is 0 Å². The van der Waals surface area contributed by atoms with E-state index in [4.69, 9.17) is 40.5 Å². The fraction of sp³-hybridized carbons (Fsp3) is 0. The van der Waals surface area contributed by atoms with Gasteiger partial charge >= 0.3 is 7.43 Å². The van der Waals surface area contributed by atoms with Crippen LogP contribution in [0.25, 0.3) is 0 Å². The van der Waals surface area contributed by atoms with E-state index >= 15 is 0 Å². The van der Waals surface area contributed by atoms with Crippen molar-refractivity contribution < 1.29 is 0 Å². The van der Waals surface area contributed by atoms with Crippen molar-refractivity contribution in [1.82, 2.24) is 0 Å². The Morgan fingerprint density at radius 1 is 0.538 bits per heavy atom. The summed E-state index contributed by atoms with van der Waals surface area (Å²) in [4.78, 5) is 32.0. The van der Waals surface area contributed by atoms with Gasteiger partial charge < -0.3 is 40.5 Å². The Kier molecular flexibility index (Phi) is 665. The monoisotopic (exact) mass is 196 g/mol. The number of nitrogens with zero attached hydrogens (tertiary/aromatic N) is 4. The fourth-order valence-corrected chi connectivity index (χ4v) is 0. The van der Waals surface area contributed by atoms with Crippen LogP contribution >= 0.6 is 0 Å². The SMILES string of the molecule is O=N[O-].O=N[O-].O=N[O-].O=N[O-].[C+4]. The second kappa shape index (κ2) is 277. The molecule has 0 aromatic carbocycles. The van der Waals surface area contributed by atoms with Crippen molar-refractivity contribution in [3.63, 3.8) is 0 Å². The molecule has 0 amide bonds. The van der Waals surface area contributed by atoms with Gasteiger partial charge in [-0.25, -0.2) is 0 Å². The van der Waals surface area contributed by atoms with Crippen molar-refractivity contribution in [2.45, 2.75) is 0 Å². The van der Waals surface area contributed by atoms with Crippen molar-refractivity contribution in [3.05, 3.63) is 47.9 Å². The summed E-state index contributed by atoms with van der Waals surface area (Å²) in [6.07, 6.45) is 0. The van der Waals surface area contributed by atoms with Gasteiger partial charge in [0.1, 0.15) is 0 Å². The summed E-state index contributed by atoms with van der Waals surface area (Å²) < 4.78 is 0. The van der Waals surface area contributed by atoms with Crippen LogP contribution in [0.1, 0.15) is 0 Å². The summed E-state index contributed by atoms with van der Waals surface area (Å²) in [5, 5.41) is 36.0. The van der Waals surface area contributed by atoms with E-state index in [0.29, 0.717) is 0 Å². The third-order valence-electron chi connectivity index (χ3n) is 0. The molecule has 0 bridgehead atoms. The molecule has 0 aliphatic rings. The molecule has 0 unspecified atom stereocenters. The van der Waals surface area contributed by atoms with Crippen molar-refractivity contribution in [2.24, 2.45) is 21.4 Å². The molecule has 0 N–H and O–H groups in total. The maximum atomic E-state index is 8.00. The van der Waals surface area contributed by atoms with Crippen LogP contribution in [0.5, 0.6) is 0 Å². The number of hydrogen-bond acceptors (Lipinski definition) is 12. The molecule has 0 atom stereocenters. The van der Waals surface area contributed by atoms with Gasteiger partial charge in [-0.1, -0.05) is 0 Å². The first-order valence-corrected chi connectivity index (χ1v) is 1.46. The van der Waals surface area contributed by atoms with Gasteiger partial charge in [-0.3, -0.25) is 0 Å². The molecule has 12 nitrogen and oxygen atoms in total. The summed E-state index contributed by atoms with van der Waals surface area (Å²) in [5.74, 6) is 0. The van der Waals surface area contributed by atoms with Crippen LogP contribution in [0, 0.1) is 47.9 Å². The zero-order valence-corrected chi connectivity index (χ0v) is 5.55. The van der Waals surface area contributed by atoms with Crippen LogP contribution in [-0.2, 0) is 0 Å². The molecular weight excluding hydrogens is 196 g/mol. The fourth-order valence-electron chi connectivity index (χ4n) is 0. The molecule has 12 heteroatoms. The van der Waals surface area contributed by atoms with Crippen molar-refractivity contribution >= 4 is 0 Å². The quantitative estimate of drug-likeness (QED) is 0.402. The van der Waals surface area contributed by atoms with Crippen LogP contribution in [0.15, 0.2) is 21.4 Å². The predicted octanol–water partition coefficient (Wildman–Crippen LogP) is 1.08. The molecule has 0 saturated carbocycles. The third-order valence-corrected chi connectivity index (χ3v) is 0. The minimum absolute atomic E-state index is 0. The summed E-state index contributed by atoms with van der Waals surface area (Å²) in [5.41, 5.74) is 0. The zero-order valence-electron chi connectivity index (χ0n) is 5.55. The van der Waals surface area contributed by atoms with Gasteiger partial charge in [0.05, 0.1) is 0 Å². The first kappa shape index (κ1) is 31.2. The average molecular weight is 196 g/mol. The van der Waals surface area contributed by atoms with Crippen LogP contribution in [0.2, 0.25) is 0 Å². The molecular formula is CN4O8. The summed E-state index contributed by atoms with van der Waals surface area (Å²) >= 11 is 0. The Morgan fingerprint density at radius 3 is 0.538 bits per heavy atom. The molecule has 0 aliphatic carbocycles. The van der Waals surface area contributed by atoms with Gasteiger partial charge in [-0.2, -0.15) is 0 Å². The molecule has 0 heterocycles. The van der Waals surface area contributed by atoms with E-state index in [0.717, 1.165) is 21.4 Å². The smallest absolute Gasteiger partial charge is 0.444 e. The van der Waals surface area contributed by atoms with Gasteiger partial charge in [-0.05, 0) is 0 Å². The van der Waals surface area contributed by atoms with E-state index in [-0.39, 0.29) is 7.43 Å². The number of hydrogen-bond donors (Lipinski definition) is 0. The number of rotatable bonds is 0. The molecule has 0 rings (SSSR count). The molecule has 0 spiro atoms. The third kappa shape index (κ3) is 96.3. The molecule has 0 radical (unpaired) electrons. The minimum atomic E-state index is 0. The van der Waals surface area contributed by atoms with Gasteiger partial charge in [-0.15, -0.1) is 21.4 Å². The topological polar surface area (TPSA) is 210 Å². The Labute approximate surface area is 70.5 Å². The predicted molar refractivity (Wildman–Crippen MR) is 39.9 cm³/mol. The Hall–Kier alpha value is -2.40. The molecule has 0 aromatic rings. The van der Waals surface area contributed by atoms with Crippen molar-refractivity contribution in [1.29, 1.82) is 0 Å². The Bertz CT molecular complexity index is 70.1. The maximum Gasteiger partial charge on any atom is 4.00 e. The second-order valence-electron chi connectivity index (χ2n) is 0.298. The molecule has 0 aliphatic heterocycles.